The molecule has 2 aromatic carbocycles. The van der Waals surface area contributed by atoms with E-state index in [1.807, 2.05) is 38.1 Å². The van der Waals surface area contributed by atoms with Gasteiger partial charge in [-0.3, -0.25) is 4.79 Å². The maximum absolute atomic E-state index is 12.4. The summed E-state index contributed by atoms with van der Waals surface area (Å²) in [6.45, 7) is 4.40. The zero-order chi connectivity index (χ0) is 16.8. The summed E-state index contributed by atoms with van der Waals surface area (Å²) in [5.41, 5.74) is 1.58. The highest BCUT2D eigenvalue weighted by molar-refractivity contribution is 9.10. The highest BCUT2D eigenvalue weighted by Crippen LogP contribution is 2.28. The highest BCUT2D eigenvalue weighted by atomic mass is 79.9. The third-order valence-electron chi connectivity index (χ3n) is 3.44. The van der Waals surface area contributed by atoms with Gasteiger partial charge in [-0.2, -0.15) is 0 Å². The summed E-state index contributed by atoms with van der Waals surface area (Å²) in [7, 11) is 1.56. The SMILES string of the molecule is CCOc1ccc(C(=O)NC(C)c2ccc(Br)cc2)cc1OC. The molecular formula is C18H20BrNO3. The monoisotopic (exact) mass is 377 g/mol. The van der Waals surface area contributed by atoms with E-state index >= 15 is 0 Å². The normalized spacial score (nSPS) is 11.7. The molecule has 1 unspecified atom stereocenters. The van der Waals surface area contributed by atoms with E-state index < -0.39 is 0 Å². The van der Waals surface area contributed by atoms with Gasteiger partial charge in [-0.05, 0) is 49.7 Å². The number of amides is 1. The number of benzene rings is 2. The van der Waals surface area contributed by atoms with Crippen molar-refractivity contribution in [2.24, 2.45) is 0 Å². The van der Waals surface area contributed by atoms with Crippen molar-refractivity contribution in [1.29, 1.82) is 0 Å². The fourth-order valence-electron chi connectivity index (χ4n) is 2.20. The average Bonchev–Trinajstić information content (AvgIpc) is 2.55. The fourth-order valence-corrected chi connectivity index (χ4v) is 2.46. The lowest BCUT2D eigenvalue weighted by Crippen LogP contribution is -2.26. The molecule has 23 heavy (non-hydrogen) atoms. The van der Waals surface area contributed by atoms with Crippen LogP contribution in [0.3, 0.4) is 0 Å². The van der Waals surface area contributed by atoms with E-state index in [-0.39, 0.29) is 11.9 Å². The third-order valence-corrected chi connectivity index (χ3v) is 3.97. The number of ether oxygens (including phenoxy) is 2. The van der Waals surface area contributed by atoms with Crippen LogP contribution in [0.4, 0.5) is 0 Å². The molecule has 1 N–H and O–H groups in total. The summed E-state index contributed by atoms with van der Waals surface area (Å²) in [5.74, 6) is 1.03. The van der Waals surface area contributed by atoms with Crippen LogP contribution < -0.4 is 14.8 Å². The molecule has 5 heteroatoms. The third kappa shape index (κ3) is 4.48. The molecule has 122 valence electrons. The van der Waals surface area contributed by atoms with Crippen molar-refractivity contribution in [2.45, 2.75) is 19.9 Å². The van der Waals surface area contributed by atoms with E-state index in [2.05, 4.69) is 21.2 Å². The van der Waals surface area contributed by atoms with Crippen LogP contribution in [0.1, 0.15) is 35.8 Å². The molecule has 0 spiro atoms. The second kappa shape index (κ2) is 8.02. The lowest BCUT2D eigenvalue weighted by molar-refractivity contribution is 0.0939. The van der Waals surface area contributed by atoms with Crippen molar-refractivity contribution in [2.75, 3.05) is 13.7 Å². The predicted octanol–water partition coefficient (Wildman–Crippen LogP) is 4.35. The maximum Gasteiger partial charge on any atom is 0.251 e. The van der Waals surface area contributed by atoms with E-state index in [1.54, 1.807) is 25.3 Å². The van der Waals surface area contributed by atoms with Crippen LogP contribution in [0.2, 0.25) is 0 Å². The Morgan fingerprint density at radius 1 is 1.17 bits per heavy atom. The van der Waals surface area contributed by atoms with Crippen molar-refractivity contribution in [3.8, 4) is 11.5 Å². The van der Waals surface area contributed by atoms with Crippen molar-refractivity contribution in [3.63, 3.8) is 0 Å². The number of halogens is 1. The van der Waals surface area contributed by atoms with Gasteiger partial charge in [0, 0.05) is 10.0 Å². The summed E-state index contributed by atoms with van der Waals surface area (Å²) in [6, 6.07) is 13.0. The first-order valence-electron chi connectivity index (χ1n) is 7.42. The lowest BCUT2D eigenvalue weighted by atomic mass is 10.1. The number of carbonyl (C=O) groups excluding carboxylic acids is 1. The first-order valence-corrected chi connectivity index (χ1v) is 8.21. The number of hydrogen-bond acceptors (Lipinski definition) is 3. The molecule has 0 fully saturated rings. The van der Waals surface area contributed by atoms with Gasteiger partial charge >= 0.3 is 0 Å². The van der Waals surface area contributed by atoms with E-state index in [1.165, 1.54) is 0 Å². The van der Waals surface area contributed by atoms with Crippen molar-refractivity contribution >= 4 is 21.8 Å². The van der Waals surface area contributed by atoms with E-state index in [0.29, 0.717) is 23.7 Å². The summed E-state index contributed by atoms with van der Waals surface area (Å²) in [5, 5.41) is 2.98. The molecule has 0 saturated heterocycles. The molecule has 0 aliphatic carbocycles. The Labute approximate surface area is 144 Å². The van der Waals surface area contributed by atoms with Crippen LogP contribution in [0.15, 0.2) is 46.9 Å². The van der Waals surface area contributed by atoms with Crippen molar-refractivity contribution < 1.29 is 14.3 Å². The van der Waals surface area contributed by atoms with Gasteiger partial charge in [0.1, 0.15) is 0 Å². The minimum atomic E-state index is -0.151. The van der Waals surface area contributed by atoms with E-state index in [0.717, 1.165) is 10.0 Å². The van der Waals surface area contributed by atoms with Crippen molar-refractivity contribution in [3.05, 3.63) is 58.1 Å². The predicted molar refractivity (Wildman–Crippen MR) is 94.2 cm³/mol. The van der Waals surface area contributed by atoms with Crippen LogP contribution in [0.25, 0.3) is 0 Å². The quantitative estimate of drug-likeness (QED) is 0.813. The summed E-state index contributed by atoms with van der Waals surface area (Å²) < 4.78 is 11.8. The van der Waals surface area contributed by atoms with Crippen LogP contribution >= 0.6 is 15.9 Å². The second-order valence-corrected chi connectivity index (χ2v) is 5.96. The fraction of sp³-hybridized carbons (Fsp3) is 0.278. The molecule has 0 aromatic heterocycles. The number of methoxy groups -OCH3 is 1. The molecule has 4 nitrogen and oxygen atoms in total. The Morgan fingerprint density at radius 3 is 2.48 bits per heavy atom. The highest BCUT2D eigenvalue weighted by Gasteiger charge is 2.14. The Morgan fingerprint density at radius 2 is 1.87 bits per heavy atom. The smallest absolute Gasteiger partial charge is 0.251 e. The van der Waals surface area contributed by atoms with Gasteiger partial charge in [0.2, 0.25) is 0 Å². The summed E-state index contributed by atoms with van der Waals surface area (Å²) in [4.78, 5) is 12.4. The van der Waals surface area contributed by atoms with Gasteiger partial charge in [-0.15, -0.1) is 0 Å². The number of carbonyl (C=O) groups is 1. The molecule has 0 saturated carbocycles. The number of hydrogen-bond donors (Lipinski definition) is 1. The van der Waals surface area contributed by atoms with Crippen LogP contribution in [0.5, 0.6) is 11.5 Å². The van der Waals surface area contributed by atoms with Crippen LogP contribution in [-0.4, -0.2) is 19.6 Å². The van der Waals surface area contributed by atoms with Crippen LogP contribution in [0, 0.1) is 0 Å². The summed E-state index contributed by atoms with van der Waals surface area (Å²) in [6.07, 6.45) is 0. The van der Waals surface area contributed by atoms with Gasteiger partial charge < -0.3 is 14.8 Å². The van der Waals surface area contributed by atoms with Crippen molar-refractivity contribution in [1.82, 2.24) is 5.32 Å². The van der Waals surface area contributed by atoms with Gasteiger partial charge in [0.25, 0.3) is 5.91 Å². The Hall–Kier alpha value is -2.01. The molecule has 1 amide bonds. The topological polar surface area (TPSA) is 47.6 Å². The van der Waals surface area contributed by atoms with E-state index in [4.69, 9.17) is 9.47 Å². The molecule has 0 aliphatic rings. The Bertz CT molecular complexity index is 670. The number of nitrogens with one attached hydrogen (secondary N) is 1. The van der Waals surface area contributed by atoms with Gasteiger partial charge in [0.05, 0.1) is 19.8 Å². The van der Waals surface area contributed by atoms with Gasteiger partial charge in [-0.1, -0.05) is 28.1 Å². The maximum atomic E-state index is 12.4. The van der Waals surface area contributed by atoms with Gasteiger partial charge in [-0.25, -0.2) is 0 Å². The molecule has 2 rings (SSSR count). The molecule has 0 bridgehead atoms. The molecule has 0 radical (unpaired) electrons. The van der Waals surface area contributed by atoms with Gasteiger partial charge in [0.15, 0.2) is 11.5 Å². The largest absolute Gasteiger partial charge is 0.493 e. The average molecular weight is 378 g/mol. The van der Waals surface area contributed by atoms with Crippen LogP contribution in [-0.2, 0) is 0 Å². The molecule has 0 aliphatic heterocycles. The first-order chi connectivity index (χ1) is 11.0. The zero-order valence-electron chi connectivity index (χ0n) is 13.4. The minimum Gasteiger partial charge on any atom is -0.493 e. The number of rotatable bonds is 6. The molecule has 0 heterocycles. The molecule has 2 aromatic rings. The summed E-state index contributed by atoms with van der Waals surface area (Å²) >= 11 is 3.40. The zero-order valence-corrected chi connectivity index (χ0v) is 15.0. The Kier molecular flexibility index (Phi) is 6.04. The standard InChI is InChI=1S/C18H20BrNO3/c1-4-23-16-10-7-14(11-17(16)22-3)18(21)20-12(2)13-5-8-15(19)9-6-13/h5-12H,4H2,1-3H3,(H,20,21). The van der Waals surface area contributed by atoms with E-state index in [9.17, 15) is 4.79 Å². The molecule has 1 atom stereocenters. The molecular weight excluding hydrogens is 358 g/mol. The first kappa shape index (κ1) is 17.3. The Balaban J connectivity index is 2.12. The minimum absolute atomic E-state index is 0.0897. The lowest BCUT2D eigenvalue weighted by Gasteiger charge is -2.16. The second-order valence-electron chi connectivity index (χ2n) is 5.05.